The van der Waals surface area contributed by atoms with Crippen molar-refractivity contribution in [1.82, 2.24) is 20.5 Å². The summed E-state index contributed by atoms with van der Waals surface area (Å²) in [6, 6.07) is 3.86. The third-order valence-electron chi connectivity index (χ3n) is 3.26. The number of hydrogen-bond acceptors (Lipinski definition) is 4. The molecule has 1 aliphatic rings. The number of carbonyl (C=O) groups is 1. The zero-order chi connectivity index (χ0) is 14.6. The summed E-state index contributed by atoms with van der Waals surface area (Å²) in [5.41, 5.74) is 0.942. The Hall–Kier alpha value is -1.46. The maximum atomic E-state index is 12.4. The van der Waals surface area contributed by atoms with Crippen LogP contribution in [0.4, 0.5) is 0 Å². The van der Waals surface area contributed by atoms with Gasteiger partial charge in [-0.2, -0.15) is 0 Å². The lowest BCUT2D eigenvalue weighted by atomic mass is 10.1. The van der Waals surface area contributed by atoms with Gasteiger partial charge in [-0.05, 0) is 32.4 Å². The van der Waals surface area contributed by atoms with E-state index in [0.717, 1.165) is 25.2 Å². The van der Waals surface area contributed by atoms with E-state index >= 15 is 0 Å². The summed E-state index contributed by atoms with van der Waals surface area (Å²) in [5.74, 6) is 0.0913. The van der Waals surface area contributed by atoms with E-state index in [1.54, 1.807) is 6.20 Å². The zero-order valence-electron chi connectivity index (χ0n) is 12.5. The van der Waals surface area contributed by atoms with Gasteiger partial charge in [-0.15, -0.1) is 0 Å². The fourth-order valence-corrected chi connectivity index (χ4v) is 2.37. The smallest absolute Gasteiger partial charge is 0.239 e. The predicted octanol–water partition coefficient (Wildman–Crippen LogP) is 0.770. The second-order valence-electron chi connectivity index (χ2n) is 6.29. The number of carbonyl (C=O) groups excluding carboxylic acids is 1. The average molecular weight is 276 g/mol. The molecule has 20 heavy (non-hydrogen) atoms. The van der Waals surface area contributed by atoms with Crippen LogP contribution < -0.4 is 10.6 Å². The Morgan fingerprint density at radius 3 is 3.00 bits per heavy atom. The van der Waals surface area contributed by atoms with Crippen LogP contribution in [-0.2, 0) is 11.3 Å². The van der Waals surface area contributed by atoms with Crippen LogP contribution in [0.1, 0.15) is 26.3 Å². The minimum Gasteiger partial charge on any atom is -0.350 e. The number of rotatable bonds is 3. The lowest BCUT2D eigenvalue weighted by molar-refractivity contribution is -0.128. The van der Waals surface area contributed by atoms with Crippen LogP contribution in [-0.4, -0.2) is 47.0 Å². The van der Waals surface area contributed by atoms with Crippen molar-refractivity contribution in [3.05, 3.63) is 30.1 Å². The van der Waals surface area contributed by atoms with Gasteiger partial charge < -0.3 is 10.6 Å². The highest BCUT2D eigenvalue weighted by Crippen LogP contribution is 2.11. The second-order valence-corrected chi connectivity index (χ2v) is 6.29. The van der Waals surface area contributed by atoms with Gasteiger partial charge in [0.2, 0.25) is 5.91 Å². The number of hydrogen-bond donors (Lipinski definition) is 2. The molecule has 5 nitrogen and oxygen atoms in total. The number of piperazine rings is 1. The SMILES string of the molecule is CC(C)(C)NC(=O)C1CNCCN1Cc1cccnc1. The molecule has 1 fully saturated rings. The van der Waals surface area contributed by atoms with Gasteiger partial charge in [0.25, 0.3) is 0 Å². The highest BCUT2D eigenvalue weighted by atomic mass is 16.2. The molecular weight excluding hydrogens is 252 g/mol. The van der Waals surface area contributed by atoms with Crippen molar-refractivity contribution in [1.29, 1.82) is 0 Å². The van der Waals surface area contributed by atoms with Gasteiger partial charge in [-0.25, -0.2) is 0 Å². The molecule has 5 heteroatoms. The number of amides is 1. The predicted molar refractivity (Wildman–Crippen MR) is 79.2 cm³/mol. The standard InChI is InChI=1S/C15H24N4O/c1-15(2,3)18-14(20)13-10-17-7-8-19(13)11-12-5-4-6-16-9-12/h4-6,9,13,17H,7-8,10-11H2,1-3H3,(H,18,20). The maximum absolute atomic E-state index is 12.4. The lowest BCUT2D eigenvalue weighted by Crippen LogP contribution is -2.59. The molecule has 0 spiro atoms. The average Bonchev–Trinajstić information content (AvgIpc) is 2.38. The van der Waals surface area contributed by atoms with Crippen LogP contribution in [0.2, 0.25) is 0 Å². The fourth-order valence-electron chi connectivity index (χ4n) is 2.37. The topological polar surface area (TPSA) is 57.3 Å². The third-order valence-corrected chi connectivity index (χ3v) is 3.26. The first kappa shape index (κ1) is 14.9. The molecule has 1 unspecified atom stereocenters. The number of nitrogens with zero attached hydrogens (tertiary/aromatic N) is 2. The molecule has 0 bridgehead atoms. The zero-order valence-corrected chi connectivity index (χ0v) is 12.5. The van der Waals surface area contributed by atoms with Gasteiger partial charge in [0.05, 0.1) is 0 Å². The molecule has 110 valence electrons. The van der Waals surface area contributed by atoms with E-state index in [2.05, 4.69) is 20.5 Å². The monoisotopic (exact) mass is 276 g/mol. The van der Waals surface area contributed by atoms with Crippen molar-refractivity contribution in [3.63, 3.8) is 0 Å². The molecule has 2 rings (SSSR count). The quantitative estimate of drug-likeness (QED) is 0.856. The summed E-state index contributed by atoms with van der Waals surface area (Å²) in [4.78, 5) is 18.8. The molecule has 0 radical (unpaired) electrons. The highest BCUT2D eigenvalue weighted by molar-refractivity contribution is 5.82. The van der Waals surface area contributed by atoms with E-state index in [0.29, 0.717) is 6.54 Å². The van der Waals surface area contributed by atoms with Crippen molar-refractivity contribution in [2.45, 2.75) is 38.9 Å². The lowest BCUT2D eigenvalue weighted by Gasteiger charge is -2.36. The van der Waals surface area contributed by atoms with Crippen LogP contribution in [0.25, 0.3) is 0 Å². The van der Waals surface area contributed by atoms with Gasteiger partial charge in [0.15, 0.2) is 0 Å². The summed E-state index contributed by atoms with van der Waals surface area (Å²) >= 11 is 0. The number of pyridine rings is 1. The summed E-state index contributed by atoms with van der Waals surface area (Å²) < 4.78 is 0. The Bertz CT molecular complexity index is 441. The van der Waals surface area contributed by atoms with Crippen molar-refractivity contribution in [3.8, 4) is 0 Å². The van der Waals surface area contributed by atoms with Gasteiger partial charge in [0.1, 0.15) is 6.04 Å². The molecule has 0 aromatic carbocycles. The highest BCUT2D eigenvalue weighted by Gasteiger charge is 2.30. The molecule has 1 atom stereocenters. The first-order chi connectivity index (χ1) is 9.46. The molecule has 1 saturated heterocycles. The molecular formula is C15H24N4O. The van der Waals surface area contributed by atoms with Crippen LogP contribution in [0.15, 0.2) is 24.5 Å². The molecule has 0 saturated carbocycles. The van der Waals surface area contributed by atoms with Crippen LogP contribution >= 0.6 is 0 Å². The second kappa shape index (κ2) is 6.33. The minimum atomic E-state index is -0.200. The Labute approximate surface area is 120 Å². The van der Waals surface area contributed by atoms with Gasteiger partial charge >= 0.3 is 0 Å². The fraction of sp³-hybridized carbons (Fsp3) is 0.600. The van der Waals surface area contributed by atoms with Crippen LogP contribution in [0, 0.1) is 0 Å². The largest absolute Gasteiger partial charge is 0.350 e. The van der Waals surface area contributed by atoms with E-state index in [-0.39, 0.29) is 17.5 Å². The summed E-state index contributed by atoms with van der Waals surface area (Å²) in [6.07, 6.45) is 3.63. The van der Waals surface area contributed by atoms with E-state index < -0.39 is 0 Å². The third kappa shape index (κ3) is 4.28. The first-order valence-electron chi connectivity index (χ1n) is 7.11. The molecule has 0 aliphatic carbocycles. The van der Waals surface area contributed by atoms with E-state index in [1.165, 1.54) is 0 Å². The minimum absolute atomic E-state index is 0.0913. The van der Waals surface area contributed by atoms with Gasteiger partial charge in [-0.3, -0.25) is 14.7 Å². The summed E-state index contributed by atoms with van der Waals surface area (Å²) in [6.45, 7) is 9.27. The van der Waals surface area contributed by atoms with Gasteiger partial charge in [0, 0.05) is 44.1 Å². The van der Waals surface area contributed by atoms with Crippen molar-refractivity contribution in [2.75, 3.05) is 19.6 Å². The van der Waals surface area contributed by atoms with Crippen LogP contribution in [0.3, 0.4) is 0 Å². The maximum Gasteiger partial charge on any atom is 0.239 e. The normalized spacial score (nSPS) is 20.6. The van der Waals surface area contributed by atoms with E-state index in [9.17, 15) is 4.79 Å². The summed E-state index contributed by atoms with van der Waals surface area (Å²) in [5, 5.41) is 6.37. The number of nitrogens with one attached hydrogen (secondary N) is 2. The summed E-state index contributed by atoms with van der Waals surface area (Å²) in [7, 11) is 0. The Balaban J connectivity index is 2.03. The Morgan fingerprint density at radius 1 is 1.55 bits per heavy atom. The van der Waals surface area contributed by atoms with Crippen molar-refractivity contribution >= 4 is 5.91 Å². The van der Waals surface area contributed by atoms with E-state index in [4.69, 9.17) is 0 Å². The molecule has 2 N–H and O–H groups in total. The van der Waals surface area contributed by atoms with Crippen molar-refractivity contribution < 1.29 is 4.79 Å². The molecule has 1 aliphatic heterocycles. The Kier molecular flexibility index (Phi) is 4.73. The van der Waals surface area contributed by atoms with E-state index in [1.807, 2.05) is 39.1 Å². The number of aromatic nitrogens is 1. The van der Waals surface area contributed by atoms with Crippen molar-refractivity contribution in [2.24, 2.45) is 0 Å². The first-order valence-corrected chi connectivity index (χ1v) is 7.11. The Morgan fingerprint density at radius 2 is 2.35 bits per heavy atom. The van der Waals surface area contributed by atoms with Gasteiger partial charge in [-0.1, -0.05) is 6.07 Å². The van der Waals surface area contributed by atoms with Crippen LogP contribution in [0.5, 0.6) is 0 Å². The molecule has 1 aromatic heterocycles. The molecule has 1 amide bonds. The molecule has 1 aromatic rings. The molecule has 2 heterocycles.